The predicted molar refractivity (Wildman–Crippen MR) is 90.3 cm³/mol. The zero-order chi connectivity index (χ0) is 17.8. The van der Waals surface area contributed by atoms with Crippen molar-refractivity contribution < 1.29 is 13.6 Å². The van der Waals surface area contributed by atoms with E-state index in [1.54, 1.807) is 4.90 Å². The fraction of sp³-hybridized carbons (Fsp3) is 0.444. The number of aryl methyl sites for hydroxylation is 1. The second-order valence-corrected chi connectivity index (χ2v) is 6.22. The summed E-state index contributed by atoms with van der Waals surface area (Å²) in [5.41, 5.74) is 1.40. The maximum atomic E-state index is 13.3. The van der Waals surface area contributed by atoms with E-state index in [0.29, 0.717) is 13.1 Å². The molecular weight excluding hydrogens is 326 g/mol. The number of piperazine rings is 1. The summed E-state index contributed by atoms with van der Waals surface area (Å²) in [4.78, 5) is 16.4. The Labute approximate surface area is 145 Å². The van der Waals surface area contributed by atoms with Gasteiger partial charge in [-0.25, -0.2) is 8.78 Å². The predicted octanol–water partition coefficient (Wildman–Crippen LogP) is 2.18. The van der Waals surface area contributed by atoms with E-state index in [0.717, 1.165) is 44.7 Å². The van der Waals surface area contributed by atoms with Gasteiger partial charge in [0.1, 0.15) is 0 Å². The van der Waals surface area contributed by atoms with Gasteiger partial charge in [-0.2, -0.15) is 5.10 Å². The van der Waals surface area contributed by atoms with E-state index in [-0.39, 0.29) is 11.5 Å². The quantitative estimate of drug-likeness (QED) is 0.832. The maximum absolute atomic E-state index is 13.3. The third kappa shape index (κ3) is 4.22. The maximum Gasteiger partial charge on any atom is 0.254 e. The molecule has 2 aromatic rings. The fourth-order valence-electron chi connectivity index (χ4n) is 2.98. The molecule has 1 saturated heterocycles. The van der Waals surface area contributed by atoms with E-state index in [1.807, 2.05) is 10.9 Å². The van der Waals surface area contributed by atoms with Gasteiger partial charge in [-0.05, 0) is 37.1 Å². The van der Waals surface area contributed by atoms with Crippen molar-refractivity contribution in [2.45, 2.75) is 19.9 Å². The second-order valence-electron chi connectivity index (χ2n) is 6.22. The third-order valence-electron chi connectivity index (χ3n) is 4.55. The van der Waals surface area contributed by atoms with Gasteiger partial charge in [-0.1, -0.05) is 0 Å². The standard InChI is InChI=1S/C18H22F2N4O/c1-2-24-13-14(12-21-24)5-6-22-7-9-23(10-8-22)18(25)15-3-4-16(19)17(20)11-15/h3-4,11-13H,2,5-10H2,1H3. The molecule has 1 fully saturated rings. The summed E-state index contributed by atoms with van der Waals surface area (Å²) in [6, 6.07) is 3.29. The highest BCUT2D eigenvalue weighted by Gasteiger charge is 2.22. The lowest BCUT2D eigenvalue weighted by Crippen LogP contribution is -2.49. The molecule has 1 aromatic heterocycles. The van der Waals surface area contributed by atoms with Crippen molar-refractivity contribution in [1.82, 2.24) is 19.6 Å². The molecule has 1 aromatic carbocycles. The number of hydrogen-bond acceptors (Lipinski definition) is 3. The lowest BCUT2D eigenvalue weighted by molar-refractivity contribution is 0.0638. The van der Waals surface area contributed by atoms with Crippen LogP contribution in [0.4, 0.5) is 8.78 Å². The highest BCUT2D eigenvalue weighted by molar-refractivity contribution is 5.94. The number of benzene rings is 1. The Morgan fingerprint density at radius 3 is 2.56 bits per heavy atom. The molecule has 0 spiro atoms. The number of amides is 1. The van der Waals surface area contributed by atoms with E-state index in [1.165, 1.54) is 11.6 Å². The summed E-state index contributed by atoms with van der Waals surface area (Å²) in [6.45, 7) is 6.57. The van der Waals surface area contributed by atoms with Crippen molar-refractivity contribution in [3.8, 4) is 0 Å². The average molecular weight is 348 g/mol. The van der Waals surface area contributed by atoms with Gasteiger partial charge in [0.2, 0.25) is 0 Å². The number of carbonyl (C=O) groups excluding carboxylic acids is 1. The molecule has 1 aliphatic heterocycles. The first-order valence-corrected chi connectivity index (χ1v) is 8.55. The lowest BCUT2D eigenvalue weighted by Gasteiger charge is -2.34. The Kier molecular flexibility index (Phi) is 5.43. The molecule has 0 atom stereocenters. The topological polar surface area (TPSA) is 41.4 Å². The summed E-state index contributed by atoms with van der Waals surface area (Å²) >= 11 is 0. The molecule has 3 rings (SSSR count). The van der Waals surface area contributed by atoms with E-state index in [4.69, 9.17) is 0 Å². The molecule has 25 heavy (non-hydrogen) atoms. The Morgan fingerprint density at radius 2 is 1.92 bits per heavy atom. The lowest BCUT2D eigenvalue weighted by atomic mass is 10.1. The molecule has 0 saturated carbocycles. The van der Waals surface area contributed by atoms with Crippen molar-refractivity contribution in [2.24, 2.45) is 0 Å². The molecule has 134 valence electrons. The van der Waals surface area contributed by atoms with E-state index in [2.05, 4.69) is 23.1 Å². The van der Waals surface area contributed by atoms with Crippen LogP contribution >= 0.6 is 0 Å². The molecule has 7 heteroatoms. The van der Waals surface area contributed by atoms with Gasteiger partial charge in [0, 0.05) is 51.0 Å². The zero-order valence-corrected chi connectivity index (χ0v) is 14.3. The van der Waals surface area contributed by atoms with Crippen LogP contribution in [-0.2, 0) is 13.0 Å². The van der Waals surface area contributed by atoms with Crippen molar-refractivity contribution >= 4 is 5.91 Å². The van der Waals surface area contributed by atoms with Crippen LogP contribution in [0.3, 0.4) is 0 Å². The molecule has 0 N–H and O–H groups in total. The Hall–Kier alpha value is -2.28. The molecule has 5 nitrogen and oxygen atoms in total. The first-order valence-electron chi connectivity index (χ1n) is 8.55. The highest BCUT2D eigenvalue weighted by atomic mass is 19.2. The molecule has 0 bridgehead atoms. The van der Waals surface area contributed by atoms with Crippen molar-refractivity contribution in [3.63, 3.8) is 0 Å². The minimum Gasteiger partial charge on any atom is -0.336 e. The third-order valence-corrected chi connectivity index (χ3v) is 4.55. The Morgan fingerprint density at radius 1 is 1.16 bits per heavy atom. The van der Waals surface area contributed by atoms with Gasteiger partial charge >= 0.3 is 0 Å². The molecule has 1 amide bonds. The fourth-order valence-corrected chi connectivity index (χ4v) is 2.98. The van der Waals surface area contributed by atoms with Gasteiger partial charge in [0.05, 0.1) is 6.20 Å². The Balaban J connectivity index is 1.49. The van der Waals surface area contributed by atoms with Gasteiger partial charge in [0.25, 0.3) is 5.91 Å². The van der Waals surface area contributed by atoms with Gasteiger partial charge in [-0.3, -0.25) is 14.4 Å². The molecule has 0 radical (unpaired) electrons. The van der Waals surface area contributed by atoms with E-state index < -0.39 is 11.6 Å². The summed E-state index contributed by atoms with van der Waals surface area (Å²) in [7, 11) is 0. The van der Waals surface area contributed by atoms with Gasteiger partial charge in [-0.15, -0.1) is 0 Å². The van der Waals surface area contributed by atoms with Crippen LogP contribution in [0.15, 0.2) is 30.6 Å². The van der Waals surface area contributed by atoms with Crippen LogP contribution < -0.4 is 0 Å². The summed E-state index contributed by atoms with van der Waals surface area (Å²) in [6.07, 6.45) is 4.88. The number of halogens is 2. The summed E-state index contributed by atoms with van der Waals surface area (Å²) in [5.74, 6) is -2.17. The SMILES string of the molecule is CCn1cc(CCN2CCN(C(=O)c3ccc(F)c(F)c3)CC2)cn1. The van der Waals surface area contributed by atoms with Gasteiger partial charge < -0.3 is 4.90 Å². The normalized spacial score (nSPS) is 15.6. The smallest absolute Gasteiger partial charge is 0.254 e. The summed E-state index contributed by atoms with van der Waals surface area (Å²) in [5, 5.41) is 4.27. The van der Waals surface area contributed by atoms with Crippen molar-refractivity contribution in [2.75, 3.05) is 32.7 Å². The van der Waals surface area contributed by atoms with Crippen LogP contribution in [0.1, 0.15) is 22.8 Å². The minimum atomic E-state index is -0.989. The van der Waals surface area contributed by atoms with Crippen LogP contribution in [0.5, 0.6) is 0 Å². The first kappa shape index (κ1) is 17.5. The number of nitrogens with zero attached hydrogens (tertiary/aromatic N) is 4. The number of carbonyl (C=O) groups is 1. The number of rotatable bonds is 5. The minimum absolute atomic E-state index is 0.194. The summed E-state index contributed by atoms with van der Waals surface area (Å²) < 4.78 is 28.2. The highest BCUT2D eigenvalue weighted by Crippen LogP contribution is 2.13. The second kappa shape index (κ2) is 7.74. The van der Waals surface area contributed by atoms with E-state index in [9.17, 15) is 13.6 Å². The molecule has 0 aliphatic carbocycles. The van der Waals surface area contributed by atoms with Crippen LogP contribution in [0.25, 0.3) is 0 Å². The monoisotopic (exact) mass is 348 g/mol. The number of hydrogen-bond donors (Lipinski definition) is 0. The zero-order valence-electron chi connectivity index (χ0n) is 14.3. The van der Waals surface area contributed by atoms with Crippen molar-refractivity contribution in [3.05, 3.63) is 53.4 Å². The molecular formula is C18H22F2N4O. The van der Waals surface area contributed by atoms with Crippen LogP contribution in [-0.4, -0.2) is 58.2 Å². The first-order chi connectivity index (χ1) is 12.1. The molecule has 1 aliphatic rings. The van der Waals surface area contributed by atoms with Gasteiger partial charge in [0.15, 0.2) is 11.6 Å². The molecule has 2 heterocycles. The van der Waals surface area contributed by atoms with Crippen LogP contribution in [0, 0.1) is 11.6 Å². The Bertz CT molecular complexity index is 738. The van der Waals surface area contributed by atoms with Crippen molar-refractivity contribution in [1.29, 1.82) is 0 Å². The largest absolute Gasteiger partial charge is 0.336 e. The van der Waals surface area contributed by atoms with Crippen LogP contribution in [0.2, 0.25) is 0 Å². The number of aromatic nitrogens is 2. The average Bonchev–Trinajstić information content (AvgIpc) is 3.10. The van der Waals surface area contributed by atoms with E-state index >= 15 is 0 Å². The molecule has 0 unspecified atom stereocenters.